The molecule has 1 fully saturated rings. The van der Waals surface area contributed by atoms with E-state index in [1.54, 1.807) is 24.3 Å². The van der Waals surface area contributed by atoms with E-state index in [0.29, 0.717) is 12.3 Å². The fourth-order valence-electron chi connectivity index (χ4n) is 2.33. The van der Waals surface area contributed by atoms with Crippen molar-refractivity contribution in [2.75, 3.05) is 13.1 Å². The minimum absolute atomic E-state index is 0.0417. The monoisotopic (exact) mass is 248 g/mol. The van der Waals surface area contributed by atoms with Gasteiger partial charge in [-0.1, -0.05) is 12.1 Å². The van der Waals surface area contributed by atoms with Gasteiger partial charge in [0, 0.05) is 6.04 Å². The van der Waals surface area contributed by atoms with E-state index in [2.05, 4.69) is 17.6 Å². The van der Waals surface area contributed by atoms with E-state index in [1.807, 2.05) is 0 Å². The summed E-state index contributed by atoms with van der Waals surface area (Å²) in [6.45, 7) is 4.09. The second-order valence-electron chi connectivity index (χ2n) is 4.95. The summed E-state index contributed by atoms with van der Waals surface area (Å²) in [5, 5.41) is 15.5. The van der Waals surface area contributed by atoms with Gasteiger partial charge >= 0.3 is 0 Å². The van der Waals surface area contributed by atoms with Crippen molar-refractivity contribution in [2.45, 2.75) is 25.8 Å². The van der Waals surface area contributed by atoms with Gasteiger partial charge in [-0.3, -0.25) is 4.79 Å². The molecule has 1 aliphatic heterocycles. The molecule has 0 spiro atoms. The predicted octanol–water partition coefficient (Wildman–Crippen LogP) is 1.05. The highest BCUT2D eigenvalue weighted by molar-refractivity contribution is 5.78. The zero-order valence-electron chi connectivity index (χ0n) is 10.6. The zero-order chi connectivity index (χ0) is 13.0. The molecular formula is C14H20N2O2. The Kier molecular flexibility index (Phi) is 4.20. The fraction of sp³-hybridized carbons (Fsp3) is 0.500. The van der Waals surface area contributed by atoms with Crippen molar-refractivity contribution in [3.05, 3.63) is 29.8 Å². The highest BCUT2D eigenvalue weighted by atomic mass is 16.3. The molecule has 4 nitrogen and oxygen atoms in total. The quantitative estimate of drug-likeness (QED) is 0.746. The van der Waals surface area contributed by atoms with Crippen LogP contribution in [0.25, 0.3) is 0 Å². The number of carbonyl (C=O) groups excluding carboxylic acids is 1. The maximum atomic E-state index is 11.9. The smallest absolute Gasteiger partial charge is 0.224 e. The molecule has 0 saturated carbocycles. The number of hydrogen-bond acceptors (Lipinski definition) is 3. The number of carbonyl (C=O) groups is 1. The summed E-state index contributed by atoms with van der Waals surface area (Å²) in [7, 11) is 0. The average Bonchev–Trinajstić information content (AvgIpc) is 2.85. The normalized spacial score (nSPS) is 20.6. The Morgan fingerprint density at radius 3 is 2.83 bits per heavy atom. The van der Waals surface area contributed by atoms with E-state index in [4.69, 9.17) is 0 Å². The van der Waals surface area contributed by atoms with Crippen LogP contribution in [0.15, 0.2) is 24.3 Å². The molecule has 1 aliphatic rings. The largest absolute Gasteiger partial charge is 0.508 e. The number of amides is 1. The highest BCUT2D eigenvalue weighted by Crippen LogP contribution is 2.13. The molecule has 0 bridgehead atoms. The van der Waals surface area contributed by atoms with Gasteiger partial charge in [-0.05, 0) is 50.0 Å². The van der Waals surface area contributed by atoms with Crippen LogP contribution in [0.3, 0.4) is 0 Å². The van der Waals surface area contributed by atoms with E-state index >= 15 is 0 Å². The lowest BCUT2D eigenvalue weighted by molar-refractivity contribution is -0.121. The lowest BCUT2D eigenvalue weighted by atomic mass is 10.0. The summed E-state index contributed by atoms with van der Waals surface area (Å²) >= 11 is 0. The summed E-state index contributed by atoms with van der Waals surface area (Å²) in [5.74, 6) is 0.804. The van der Waals surface area contributed by atoms with Crippen LogP contribution < -0.4 is 10.6 Å². The van der Waals surface area contributed by atoms with Gasteiger partial charge in [-0.25, -0.2) is 0 Å². The first-order valence-corrected chi connectivity index (χ1v) is 6.43. The van der Waals surface area contributed by atoms with Crippen molar-refractivity contribution in [1.29, 1.82) is 0 Å². The van der Waals surface area contributed by atoms with Crippen LogP contribution in [0.5, 0.6) is 5.75 Å². The van der Waals surface area contributed by atoms with Crippen molar-refractivity contribution in [3.8, 4) is 5.75 Å². The molecule has 1 aromatic rings. The van der Waals surface area contributed by atoms with Gasteiger partial charge in [0.2, 0.25) is 5.91 Å². The second-order valence-corrected chi connectivity index (χ2v) is 4.95. The summed E-state index contributed by atoms with van der Waals surface area (Å²) in [4.78, 5) is 11.9. The van der Waals surface area contributed by atoms with Gasteiger partial charge < -0.3 is 15.7 Å². The third-order valence-electron chi connectivity index (χ3n) is 3.50. The van der Waals surface area contributed by atoms with Crippen LogP contribution in [0.2, 0.25) is 0 Å². The maximum Gasteiger partial charge on any atom is 0.224 e. The molecular weight excluding hydrogens is 228 g/mol. The third kappa shape index (κ3) is 3.47. The lowest BCUT2D eigenvalue weighted by Gasteiger charge is -2.19. The molecule has 2 rings (SSSR count). The van der Waals surface area contributed by atoms with Crippen LogP contribution >= 0.6 is 0 Å². The molecule has 1 aromatic carbocycles. The average molecular weight is 248 g/mol. The van der Waals surface area contributed by atoms with Crippen LogP contribution in [0.4, 0.5) is 0 Å². The predicted molar refractivity (Wildman–Crippen MR) is 70.4 cm³/mol. The van der Waals surface area contributed by atoms with E-state index in [-0.39, 0.29) is 17.7 Å². The summed E-state index contributed by atoms with van der Waals surface area (Å²) in [6, 6.07) is 6.97. The minimum atomic E-state index is 0.0417. The Morgan fingerprint density at radius 1 is 1.50 bits per heavy atom. The molecule has 1 heterocycles. The van der Waals surface area contributed by atoms with Crippen LogP contribution in [-0.2, 0) is 11.2 Å². The van der Waals surface area contributed by atoms with Gasteiger partial charge in [0.25, 0.3) is 0 Å². The van der Waals surface area contributed by atoms with E-state index in [0.717, 1.165) is 25.1 Å². The molecule has 98 valence electrons. The molecule has 0 aromatic heterocycles. The SMILES string of the molecule is CC(NC(=O)Cc1ccc(O)cc1)C1CCNC1. The number of hydrogen-bond donors (Lipinski definition) is 3. The number of aromatic hydroxyl groups is 1. The molecule has 2 atom stereocenters. The minimum Gasteiger partial charge on any atom is -0.508 e. The van der Waals surface area contributed by atoms with Crippen molar-refractivity contribution >= 4 is 5.91 Å². The Morgan fingerprint density at radius 2 is 2.22 bits per heavy atom. The number of benzene rings is 1. The zero-order valence-corrected chi connectivity index (χ0v) is 10.6. The number of phenols is 1. The van der Waals surface area contributed by atoms with Crippen molar-refractivity contribution in [3.63, 3.8) is 0 Å². The number of nitrogens with one attached hydrogen (secondary N) is 2. The van der Waals surface area contributed by atoms with Crippen LogP contribution in [-0.4, -0.2) is 30.1 Å². The molecule has 3 N–H and O–H groups in total. The fourth-order valence-corrected chi connectivity index (χ4v) is 2.33. The Labute approximate surface area is 107 Å². The number of phenolic OH excluding ortho intramolecular Hbond substituents is 1. The van der Waals surface area contributed by atoms with Crippen molar-refractivity contribution in [1.82, 2.24) is 10.6 Å². The van der Waals surface area contributed by atoms with Crippen LogP contribution in [0.1, 0.15) is 18.9 Å². The molecule has 18 heavy (non-hydrogen) atoms. The Balaban J connectivity index is 1.82. The Hall–Kier alpha value is -1.55. The van der Waals surface area contributed by atoms with E-state index in [1.165, 1.54) is 0 Å². The third-order valence-corrected chi connectivity index (χ3v) is 3.50. The van der Waals surface area contributed by atoms with Gasteiger partial charge in [0.15, 0.2) is 0 Å². The van der Waals surface area contributed by atoms with E-state index < -0.39 is 0 Å². The number of rotatable bonds is 4. The first-order valence-electron chi connectivity index (χ1n) is 6.43. The van der Waals surface area contributed by atoms with E-state index in [9.17, 15) is 9.90 Å². The van der Waals surface area contributed by atoms with Gasteiger partial charge in [-0.15, -0.1) is 0 Å². The lowest BCUT2D eigenvalue weighted by Crippen LogP contribution is -2.39. The topological polar surface area (TPSA) is 61.4 Å². The van der Waals surface area contributed by atoms with Crippen molar-refractivity contribution in [2.24, 2.45) is 5.92 Å². The first kappa shape index (κ1) is 12.9. The molecule has 0 aliphatic carbocycles. The maximum absolute atomic E-state index is 11.9. The second kappa shape index (κ2) is 5.87. The van der Waals surface area contributed by atoms with Crippen molar-refractivity contribution < 1.29 is 9.90 Å². The Bertz CT molecular complexity index is 397. The first-order chi connectivity index (χ1) is 8.65. The highest BCUT2D eigenvalue weighted by Gasteiger charge is 2.22. The van der Waals surface area contributed by atoms with Gasteiger partial charge in [-0.2, -0.15) is 0 Å². The molecule has 1 saturated heterocycles. The van der Waals surface area contributed by atoms with Gasteiger partial charge in [0.05, 0.1) is 6.42 Å². The van der Waals surface area contributed by atoms with Gasteiger partial charge in [0.1, 0.15) is 5.75 Å². The van der Waals surface area contributed by atoms with Crippen LogP contribution in [0, 0.1) is 5.92 Å². The summed E-state index contributed by atoms with van der Waals surface area (Å²) in [6.07, 6.45) is 1.49. The molecule has 1 amide bonds. The summed E-state index contributed by atoms with van der Waals surface area (Å²) in [5.41, 5.74) is 0.919. The summed E-state index contributed by atoms with van der Waals surface area (Å²) < 4.78 is 0. The standard InChI is InChI=1S/C14H20N2O2/c1-10(12-6-7-15-9-12)16-14(18)8-11-2-4-13(17)5-3-11/h2-5,10,12,15,17H,6-9H2,1H3,(H,16,18). The molecule has 0 radical (unpaired) electrons. The molecule has 2 unspecified atom stereocenters. The molecule has 4 heteroatoms.